The van der Waals surface area contributed by atoms with E-state index in [0.29, 0.717) is 12.5 Å². The number of ether oxygens (including phenoxy) is 1. The van der Waals surface area contributed by atoms with Crippen molar-refractivity contribution in [3.63, 3.8) is 0 Å². The van der Waals surface area contributed by atoms with Gasteiger partial charge in [-0.05, 0) is 25.2 Å². The smallest absolute Gasteiger partial charge is 0.264 e. The van der Waals surface area contributed by atoms with E-state index in [-0.39, 0.29) is 6.61 Å². The molecule has 0 aliphatic carbocycles. The summed E-state index contributed by atoms with van der Waals surface area (Å²) in [4.78, 5) is 0. The number of unbranched alkanes of at least 4 members (excludes halogenated alkanes) is 1. The first kappa shape index (κ1) is 14.9. The molecule has 0 radical (unpaired) electrons. The van der Waals surface area contributed by atoms with Gasteiger partial charge in [-0.2, -0.15) is 8.42 Å². The molecule has 0 aliphatic rings. The second kappa shape index (κ2) is 8.07. The predicted molar refractivity (Wildman–Crippen MR) is 60.3 cm³/mol. The minimum absolute atomic E-state index is 0.256. The Hall–Kier alpha value is -0.130. The molecule has 0 aliphatic heterocycles. The highest BCUT2D eigenvalue weighted by Crippen LogP contribution is 2.00. The van der Waals surface area contributed by atoms with Crippen LogP contribution >= 0.6 is 0 Å². The third kappa shape index (κ3) is 13.9. The molecule has 0 atom stereocenters. The maximum Gasteiger partial charge on any atom is 0.264 e. The predicted octanol–water partition coefficient (Wildman–Crippen LogP) is 1.81. The summed E-state index contributed by atoms with van der Waals surface area (Å²) in [6.45, 7) is 6.03. The molecule has 0 aromatic heterocycles. The maximum absolute atomic E-state index is 10.6. The number of hydrogen-bond acceptors (Lipinski definition) is 4. The van der Waals surface area contributed by atoms with Gasteiger partial charge in [0.1, 0.15) is 0 Å². The van der Waals surface area contributed by atoms with Crippen LogP contribution < -0.4 is 0 Å². The minimum atomic E-state index is -3.27. The molecule has 0 fully saturated rings. The number of rotatable bonds is 9. The van der Waals surface area contributed by atoms with Gasteiger partial charge < -0.3 is 4.74 Å². The highest BCUT2D eigenvalue weighted by molar-refractivity contribution is 7.85. The summed E-state index contributed by atoms with van der Waals surface area (Å²) in [5.41, 5.74) is 0. The van der Waals surface area contributed by atoms with Gasteiger partial charge in [0.05, 0.1) is 12.9 Å². The van der Waals surface area contributed by atoms with Crippen LogP contribution in [0.4, 0.5) is 0 Å². The molecule has 0 saturated carbocycles. The van der Waals surface area contributed by atoms with Crippen molar-refractivity contribution in [1.29, 1.82) is 0 Å². The van der Waals surface area contributed by atoms with Crippen molar-refractivity contribution in [3.05, 3.63) is 0 Å². The van der Waals surface area contributed by atoms with Crippen molar-refractivity contribution in [2.24, 2.45) is 5.92 Å². The largest absolute Gasteiger partial charge is 0.381 e. The highest BCUT2D eigenvalue weighted by Gasteiger charge is 2.00. The van der Waals surface area contributed by atoms with E-state index in [2.05, 4.69) is 18.0 Å². The van der Waals surface area contributed by atoms with E-state index in [4.69, 9.17) is 4.74 Å². The van der Waals surface area contributed by atoms with Gasteiger partial charge >= 0.3 is 0 Å². The molecule has 0 heterocycles. The van der Waals surface area contributed by atoms with E-state index >= 15 is 0 Å². The van der Waals surface area contributed by atoms with Gasteiger partial charge in [0.2, 0.25) is 0 Å². The van der Waals surface area contributed by atoms with Gasteiger partial charge in [0.25, 0.3) is 10.1 Å². The van der Waals surface area contributed by atoms with Crippen LogP contribution in [0.3, 0.4) is 0 Å². The Morgan fingerprint density at radius 1 is 1.07 bits per heavy atom. The normalized spacial score (nSPS) is 12.3. The second-order valence-corrected chi connectivity index (χ2v) is 5.67. The van der Waals surface area contributed by atoms with Crippen molar-refractivity contribution in [3.8, 4) is 0 Å². The summed E-state index contributed by atoms with van der Waals surface area (Å²) in [6, 6.07) is 0. The molecule has 0 spiro atoms. The summed E-state index contributed by atoms with van der Waals surface area (Å²) in [5.74, 6) is 0.665. The molecule has 0 amide bonds. The first-order valence-electron chi connectivity index (χ1n) is 5.34. The fourth-order valence-electron chi connectivity index (χ4n) is 0.938. The zero-order valence-electron chi connectivity index (χ0n) is 9.86. The van der Waals surface area contributed by atoms with Gasteiger partial charge in [-0.25, -0.2) is 0 Å². The molecule has 0 bridgehead atoms. The molecule has 0 unspecified atom stereocenters. The number of hydrogen-bond donors (Lipinski definition) is 0. The van der Waals surface area contributed by atoms with E-state index < -0.39 is 10.1 Å². The van der Waals surface area contributed by atoms with Gasteiger partial charge in [0, 0.05) is 13.2 Å². The Balaban J connectivity index is 3.12. The molecular formula is C10H22O4S. The summed E-state index contributed by atoms with van der Waals surface area (Å²) in [6.07, 6.45) is 3.69. The lowest BCUT2D eigenvalue weighted by Gasteiger charge is -2.06. The summed E-state index contributed by atoms with van der Waals surface area (Å²) in [5, 5.41) is 0. The van der Waals surface area contributed by atoms with E-state index in [0.717, 1.165) is 32.1 Å². The lowest BCUT2D eigenvalue weighted by molar-refractivity contribution is 0.117. The third-order valence-corrected chi connectivity index (χ3v) is 2.41. The summed E-state index contributed by atoms with van der Waals surface area (Å²) < 4.78 is 31.1. The Morgan fingerprint density at radius 3 is 2.20 bits per heavy atom. The summed E-state index contributed by atoms with van der Waals surface area (Å²) in [7, 11) is -3.27. The fourth-order valence-corrected chi connectivity index (χ4v) is 1.36. The maximum atomic E-state index is 10.6. The van der Waals surface area contributed by atoms with Crippen LogP contribution in [0.2, 0.25) is 0 Å². The topological polar surface area (TPSA) is 52.6 Å². The van der Waals surface area contributed by atoms with Gasteiger partial charge in [-0.3, -0.25) is 4.18 Å². The molecule has 0 saturated heterocycles. The van der Waals surface area contributed by atoms with Gasteiger partial charge in [-0.15, -0.1) is 0 Å². The Labute approximate surface area is 93.1 Å². The van der Waals surface area contributed by atoms with Crippen molar-refractivity contribution in [2.75, 3.05) is 26.1 Å². The zero-order chi connectivity index (χ0) is 11.7. The van der Waals surface area contributed by atoms with Crippen molar-refractivity contribution >= 4 is 10.1 Å². The van der Waals surface area contributed by atoms with Crippen molar-refractivity contribution < 1.29 is 17.3 Å². The van der Waals surface area contributed by atoms with Crippen LogP contribution in [0.1, 0.15) is 33.1 Å². The average molecular weight is 238 g/mol. The fraction of sp³-hybridized carbons (Fsp3) is 1.00. The molecule has 4 nitrogen and oxygen atoms in total. The lowest BCUT2D eigenvalue weighted by Crippen LogP contribution is -2.06. The minimum Gasteiger partial charge on any atom is -0.381 e. The third-order valence-electron chi connectivity index (χ3n) is 1.82. The Kier molecular flexibility index (Phi) is 8.00. The lowest BCUT2D eigenvalue weighted by atomic mass is 10.1. The zero-order valence-corrected chi connectivity index (χ0v) is 10.7. The van der Waals surface area contributed by atoms with E-state index in [1.807, 2.05) is 0 Å². The van der Waals surface area contributed by atoms with E-state index in [9.17, 15) is 8.42 Å². The molecule has 92 valence electrons. The van der Waals surface area contributed by atoms with Crippen molar-refractivity contribution in [2.45, 2.75) is 33.1 Å². The van der Waals surface area contributed by atoms with Crippen LogP contribution in [0, 0.1) is 5.92 Å². The monoisotopic (exact) mass is 238 g/mol. The molecule has 0 rings (SSSR count). The van der Waals surface area contributed by atoms with Crippen LogP contribution in [0.15, 0.2) is 0 Å². The van der Waals surface area contributed by atoms with Crippen LogP contribution in [0.5, 0.6) is 0 Å². The highest BCUT2D eigenvalue weighted by atomic mass is 32.2. The standard InChI is InChI=1S/C10H22O4S/c1-10(2)6-9-13-7-4-5-8-14-15(3,11)12/h10H,4-9H2,1-3H3. The van der Waals surface area contributed by atoms with Crippen LogP contribution in [0.25, 0.3) is 0 Å². The SMILES string of the molecule is CC(C)CCOCCCCOS(C)(=O)=O. The Bertz CT molecular complexity index is 234. The van der Waals surface area contributed by atoms with Crippen LogP contribution in [-0.2, 0) is 19.0 Å². The second-order valence-electron chi connectivity index (χ2n) is 4.03. The van der Waals surface area contributed by atoms with Crippen LogP contribution in [-0.4, -0.2) is 34.5 Å². The van der Waals surface area contributed by atoms with Crippen molar-refractivity contribution in [1.82, 2.24) is 0 Å². The average Bonchev–Trinajstić information content (AvgIpc) is 2.07. The first-order chi connectivity index (χ1) is 6.92. The molecule has 15 heavy (non-hydrogen) atoms. The van der Waals surface area contributed by atoms with Gasteiger partial charge in [-0.1, -0.05) is 13.8 Å². The van der Waals surface area contributed by atoms with E-state index in [1.165, 1.54) is 0 Å². The molecule has 0 N–H and O–H groups in total. The van der Waals surface area contributed by atoms with E-state index in [1.54, 1.807) is 0 Å². The first-order valence-corrected chi connectivity index (χ1v) is 7.15. The van der Waals surface area contributed by atoms with Gasteiger partial charge in [0.15, 0.2) is 0 Å². The summed E-state index contributed by atoms with van der Waals surface area (Å²) >= 11 is 0. The molecule has 0 aromatic carbocycles. The Morgan fingerprint density at radius 2 is 1.67 bits per heavy atom. The molecular weight excluding hydrogens is 216 g/mol. The quantitative estimate of drug-likeness (QED) is 0.454. The molecule has 0 aromatic rings. The molecule has 5 heteroatoms.